The van der Waals surface area contributed by atoms with Gasteiger partial charge in [0.1, 0.15) is 5.52 Å². The second-order valence-corrected chi connectivity index (χ2v) is 5.19. The van der Waals surface area contributed by atoms with Gasteiger partial charge in [0.15, 0.2) is 6.20 Å². The molecule has 0 aliphatic rings. The van der Waals surface area contributed by atoms with Crippen LogP contribution in [0.15, 0.2) is 24.5 Å². The number of nitrogens with zero attached hydrogens (tertiary/aromatic N) is 2. The van der Waals surface area contributed by atoms with Crippen LogP contribution in [0.2, 0.25) is 0 Å². The highest BCUT2D eigenvalue weighted by molar-refractivity contribution is 6.03. The number of benzene rings is 1. The molecule has 2 aromatic heterocycles. The molecule has 19 heavy (non-hydrogen) atoms. The van der Waals surface area contributed by atoms with E-state index in [1.165, 1.54) is 5.56 Å². The monoisotopic (exact) mass is 252 g/mol. The molecule has 3 aromatic rings. The van der Waals surface area contributed by atoms with Crippen LogP contribution in [0.5, 0.6) is 0 Å². The van der Waals surface area contributed by atoms with E-state index in [-0.39, 0.29) is 0 Å². The smallest absolute Gasteiger partial charge is 0.250 e. The minimum absolute atomic E-state index is 0.670. The van der Waals surface area contributed by atoms with Crippen LogP contribution in [-0.4, -0.2) is 4.98 Å². The molecular weight excluding hydrogens is 236 g/mol. The molecule has 0 fully saturated rings. The lowest BCUT2D eigenvalue weighted by molar-refractivity contribution is -0.576. The fraction of sp³-hybridized carbons (Fsp3) is 0.250. The average molecular weight is 252 g/mol. The second-order valence-electron chi connectivity index (χ2n) is 5.19. The maximum atomic E-state index is 12.2. The molecule has 0 bridgehead atoms. The van der Waals surface area contributed by atoms with Crippen LogP contribution in [0.4, 0.5) is 0 Å². The molecule has 2 heterocycles. The number of aromatic nitrogens is 2. The van der Waals surface area contributed by atoms with Gasteiger partial charge in [0.2, 0.25) is 0 Å². The Hall–Kier alpha value is -2.16. The van der Waals surface area contributed by atoms with Gasteiger partial charge in [-0.05, 0) is 50.5 Å². The highest BCUT2D eigenvalue weighted by atomic mass is 16.5. The molecule has 1 aromatic carbocycles. The zero-order valence-electron chi connectivity index (χ0n) is 11.6. The first-order chi connectivity index (χ1) is 9.00. The van der Waals surface area contributed by atoms with Crippen LogP contribution in [-0.2, 0) is 0 Å². The van der Waals surface area contributed by atoms with E-state index in [0.717, 1.165) is 37.7 Å². The third-order valence-corrected chi connectivity index (χ3v) is 4.06. The third kappa shape index (κ3) is 1.58. The molecule has 3 rings (SSSR count). The molecular formula is C16H16N2O. The Morgan fingerprint density at radius 1 is 0.947 bits per heavy atom. The van der Waals surface area contributed by atoms with Crippen LogP contribution >= 0.6 is 0 Å². The number of aryl methyl sites for hydroxylation is 4. The lowest BCUT2D eigenvalue weighted by atomic mass is 10.0. The molecule has 0 aliphatic heterocycles. The largest absolute Gasteiger partial charge is 0.618 e. The van der Waals surface area contributed by atoms with Crippen molar-refractivity contribution in [3.8, 4) is 0 Å². The summed E-state index contributed by atoms with van der Waals surface area (Å²) in [5, 5.41) is 14.3. The van der Waals surface area contributed by atoms with Crippen molar-refractivity contribution >= 4 is 21.8 Å². The van der Waals surface area contributed by atoms with Gasteiger partial charge < -0.3 is 5.21 Å². The summed E-state index contributed by atoms with van der Waals surface area (Å²) in [4.78, 5) is 4.48. The Morgan fingerprint density at radius 2 is 1.58 bits per heavy atom. The molecule has 0 aliphatic carbocycles. The predicted octanol–water partition coefficient (Wildman–Crippen LogP) is 3.26. The molecule has 0 spiro atoms. The molecule has 0 atom stereocenters. The fourth-order valence-corrected chi connectivity index (χ4v) is 2.56. The molecule has 0 amide bonds. The van der Waals surface area contributed by atoms with Gasteiger partial charge in [0.25, 0.3) is 5.52 Å². The van der Waals surface area contributed by atoms with Gasteiger partial charge in [-0.15, -0.1) is 0 Å². The maximum Gasteiger partial charge on any atom is 0.250 e. The van der Waals surface area contributed by atoms with E-state index >= 15 is 0 Å². The minimum Gasteiger partial charge on any atom is -0.618 e. The van der Waals surface area contributed by atoms with Crippen LogP contribution in [0.25, 0.3) is 21.8 Å². The molecule has 0 N–H and O–H groups in total. The van der Waals surface area contributed by atoms with E-state index in [0.29, 0.717) is 5.52 Å². The molecule has 3 heteroatoms. The van der Waals surface area contributed by atoms with Gasteiger partial charge >= 0.3 is 0 Å². The van der Waals surface area contributed by atoms with Crippen LogP contribution < -0.4 is 4.73 Å². The van der Waals surface area contributed by atoms with Gasteiger partial charge in [-0.25, -0.2) is 4.98 Å². The maximum absolute atomic E-state index is 12.2. The normalized spacial score (nSPS) is 11.4. The van der Waals surface area contributed by atoms with E-state index in [4.69, 9.17) is 0 Å². The molecule has 0 saturated carbocycles. The van der Waals surface area contributed by atoms with E-state index in [9.17, 15) is 5.21 Å². The first kappa shape index (κ1) is 11.9. The van der Waals surface area contributed by atoms with E-state index in [2.05, 4.69) is 18.0 Å². The Labute approximate surface area is 112 Å². The fourth-order valence-electron chi connectivity index (χ4n) is 2.56. The predicted molar refractivity (Wildman–Crippen MR) is 77.2 cm³/mol. The Bertz CT molecular complexity index is 822. The summed E-state index contributed by atoms with van der Waals surface area (Å²) in [6.07, 6.45) is 3.47. The highest BCUT2D eigenvalue weighted by Gasteiger charge is 2.15. The first-order valence-corrected chi connectivity index (χ1v) is 6.38. The highest BCUT2D eigenvalue weighted by Crippen LogP contribution is 2.27. The zero-order valence-corrected chi connectivity index (χ0v) is 11.6. The summed E-state index contributed by atoms with van der Waals surface area (Å²) >= 11 is 0. The van der Waals surface area contributed by atoms with Gasteiger partial charge in [-0.1, -0.05) is 6.07 Å². The SMILES string of the molecule is Cc1cnc2c(ccc3c(C)c(C)c[n+]([O-])c32)c1C. The van der Waals surface area contributed by atoms with Crippen molar-refractivity contribution < 1.29 is 4.73 Å². The average Bonchev–Trinajstić information content (AvgIpc) is 2.39. The summed E-state index contributed by atoms with van der Waals surface area (Å²) in [6.45, 7) is 8.12. The minimum atomic E-state index is 0.670. The van der Waals surface area contributed by atoms with E-state index in [1.54, 1.807) is 6.20 Å². The van der Waals surface area contributed by atoms with E-state index in [1.807, 2.05) is 33.0 Å². The lowest BCUT2D eigenvalue weighted by Gasteiger charge is -2.11. The number of hydrogen-bond donors (Lipinski definition) is 0. The van der Waals surface area contributed by atoms with Crippen molar-refractivity contribution in [2.75, 3.05) is 0 Å². The summed E-state index contributed by atoms with van der Waals surface area (Å²) in [7, 11) is 0. The summed E-state index contributed by atoms with van der Waals surface area (Å²) < 4.78 is 0.946. The second kappa shape index (κ2) is 3.92. The van der Waals surface area contributed by atoms with Gasteiger partial charge in [-0.3, -0.25) is 0 Å². The van der Waals surface area contributed by atoms with Crippen molar-refractivity contribution in [1.29, 1.82) is 0 Å². The standard InChI is InChI=1S/C16H16N2O/c1-9-7-17-15-13(11(9)3)5-6-14-12(4)10(2)8-18(19)16(14)15/h5-8H,1-4H3. The first-order valence-electron chi connectivity index (χ1n) is 6.38. The van der Waals surface area contributed by atoms with Crippen molar-refractivity contribution in [3.05, 3.63) is 52.0 Å². The van der Waals surface area contributed by atoms with Gasteiger partial charge in [0.05, 0.1) is 5.39 Å². The number of pyridine rings is 2. The number of hydrogen-bond acceptors (Lipinski definition) is 2. The van der Waals surface area contributed by atoms with Crippen molar-refractivity contribution in [2.45, 2.75) is 27.7 Å². The van der Waals surface area contributed by atoms with E-state index < -0.39 is 0 Å². The van der Waals surface area contributed by atoms with Crippen LogP contribution in [0.1, 0.15) is 22.3 Å². The van der Waals surface area contributed by atoms with Crippen molar-refractivity contribution in [3.63, 3.8) is 0 Å². The zero-order chi connectivity index (χ0) is 13.7. The summed E-state index contributed by atoms with van der Waals surface area (Å²) in [6, 6.07) is 4.10. The molecule has 0 radical (unpaired) electrons. The van der Waals surface area contributed by atoms with Gasteiger partial charge in [-0.2, -0.15) is 4.73 Å². The lowest BCUT2D eigenvalue weighted by Crippen LogP contribution is -2.28. The summed E-state index contributed by atoms with van der Waals surface area (Å²) in [5.74, 6) is 0. The Morgan fingerprint density at radius 3 is 2.32 bits per heavy atom. The number of fused-ring (bicyclic) bond motifs is 3. The third-order valence-electron chi connectivity index (χ3n) is 4.06. The van der Waals surface area contributed by atoms with Crippen LogP contribution in [0, 0.1) is 32.9 Å². The molecule has 3 nitrogen and oxygen atoms in total. The van der Waals surface area contributed by atoms with Gasteiger partial charge in [0, 0.05) is 17.1 Å². The molecule has 0 saturated heterocycles. The van der Waals surface area contributed by atoms with Crippen LogP contribution in [0.3, 0.4) is 0 Å². The summed E-state index contributed by atoms with van der Waals surface area (Å²) in [5.41, 5.74) is 5.94. The molecule has 96 valence electrons. The number of rotatable bonds is 0. The Balaban J connectivity index is 2.61. The quantitative estimate of drug-likeness (QED) is 0.350. The molecule has 0 unspecified atom stereocenters. The topological polar surface area (TPSA) is 39.8 Å². The van der Waals surface area contributed by atoms with Crippen molar-refractivity contribution in [1.82, 2.24) is 4.98 Å². The Kier molecular flexibility index (Phi) is 2.45. The van der Waals surface area contributed by atoms with Crippen molar-refractivity contribution in [2.24, 2.45) is 0 Å².